The predicted molar refractivity (Wildman–Crippen MR) is 325 cm³/mol. The summed E-state index contributed by atoms with van der Waals surface area (Å²) in [5.74, 6) is -1.01. The summed E-state index contributed by atoms with van der Waals surface area (Å²) < 4.78 is 16.8. The molecule has 0 bridgehead atoms. The Morgan fingerprint density at radius 2 is 0.547 bits per heavy atom. The molecule has 0 aliphatic rings. The lowest BCUT2D eigenvalue weighted by Crippen LogP contribution is -2.30. The topological polar surface area (TPSA) is 78.9 Å². The van der Waals surface area contributed by atoms with E-state index < -0.39 is 6.10 Å². The molecule has 0 aliphatic heterocycles. The molecular formula is C69H114O6. The van der Waals surface area contributed by atoms with Gasteiger partial charge >= 0.3 is 17.9 Å². The molecule has 0 aromatic heterocycles. The van der Waals surface area contributed by atoms with E-state index in [1.807, 2.05) is 6.08 Å². The first kappa shape index (κ1) is 70.8. The lowest BCUT2D eigenvalue weighted by molar-refractivity contribution is -0.166. The van der Waals surface area contributed by atoms with E-state index in [4.69, 9.17) is 14.2 Å². The SMILES string of the molecule is CC/C=C\C/C=C\C/C=C\C/C=C\C/C=C\C/C=C\CCC(=O)OCC(COC(=O)CCCCCCCCCCC/C=C\CCCCCCCC)OC(=O)CCCCCCCC/C=C\C/C=C\C/C=C\CCCCC. The minimum absolute atomic E-state index is 0.110. The fraction of sp³-hybridized carbons (Fsp3) is 0.667. The molecule has 0 fully saturated rings. The Morgan fingerprint density at radius 3 is 0.933 bits per heavy atom. The molecule has 0 amide bonds. The van der Waals surface area contributed by atoms with Gasteiger partial charge in [0.1, 0.15) is 13.2 Å². The molecule has 0 aromatic carbocycles. The Balaban J connectivity index is 4.53. The highest BCUT2D eigenvalue weighted by Gasteiger charge is 2.19. The maximum Gasteiger partial charge on any atom is 0.306 e. The number of carbonyl (C=O) groups is 3. The van der Waals surface area contributed by atoms with E-state index >= 15 is 0 Å². The third kappa shape index (κ3) is 60.6. The van der Waals surface area contributed by atoms with E-state index in [2.05, 4.69) is 136 Å². The van der Waals surface area contributed by atoms with Crippen LogP contribution in [0.5, 0.6) is 0 Å². The summed E-state index contributed by atoms with van der Waals surface area (Å²) in [4.78, 5) is 38.3. The smallest absolute Gasteiger partial charge is 0.306 e. The van der Waals surface area contributed by atoms with E-state index in [9.17, 15) is 14.4 Å². The van der Waals surface area contributed by atoms with Crippen LogP contribution in [-0.2, 0) is 28.6 Å². The summed E-state index contributed by atoms with van der Waals surface area (Å²) in [7, 11) is 0. The van der Waals surface area contributed by atoms with Gasteiger partial charge in [0.2, 0.25) is 0 Å². The lowest BCUT2D eigenvalue weighted by atomic mass is 10.1. The molecule has 0 N–H and O–H groups in total. The van der Waals surface area contributed by atoms with Gasteiger partial charge in [0.15, 0.2) is 6.10 Å². The first-order valence-corrected chi connectivity index (χ1v) is 31.0. The molecule has 6 heteroatoms. The van der Waals surface area contributed by atoms with Gasteiger partial charge in [-0.05, 0) is 122 Å². The van der Waals surface area contributed by atoms with E-state index in [-0.39, 0.29) is 37.5 Å². The summed E-state index contributed by atoms with van der Waals surface area (Å²) in [6.45, 7) is 6.43. The van der Waals surface area contributed by atoms with Gasteiger partial charge in [-0.1, -0.05) is 258 Å². The molecule has 0 aromatic rings. The monoisotopic (exact) mass is 1040 g/mol. The standard InChI is InChI=1S/C69H114O6/c1-4-7-10-13-16-19-22-25-28-31-34-37-40-43-46-49-52-55-58-61-67(70)73-64-66(75-69(72)63-60-57-54-51-48-45-42-39-36-33-30-27-24-21-18-15-12-9-6-3)65-74-68(71)62-59-56-53-50-47-44-41-38-35-32-29-26-23-20-17-14-11-8-5-2/h7,10,16,18-19,21,25-30,34,36-37,39,43,46,52,55,66H,4-6,8-9,11-15,17,20,22-24,31-33,35,38,40-42,44-45,47-51,53-54,56-65H2,1-3H3/b10-7-,19-16-,21-18-,28-25-,29-26-,30-27-,37-34-,39-36-,46-43-,55-52-. The number of unbranched alkanes of at least 4 members (excludes halogenated alkanes) is 24. The average Bonchev–Trinajstić information content (AvgIpc) is 3.41. The highest BCUT2D eigenvalue weighted by Crippen LogP contribution is 2.15. The van der Waals surface area contributed by atoms with Gasteiger partial charge in [0.05, 0.1) is 0 Å². The van der Waals surface area contributed by atoms with Crippen molar-refractivity contribution in [1.29, 1.82) is 0 Å². The van der Waals surface area contributed by atoms with Crippen molar-refractivity contribution in [2.75, 3.05) is 13.2 Å². The number of allylic oxidation sites excluding steroid dienone is 20. The lowest BCUT2D eigenvalue weighted by Gasteiger charge is -2.18. The number of hydrogen-bond acceptors (Lipinski definition) is 6. The normalized spacial score (nSPS) is 12.9. The van der Waals surface area contributed by atoms with E-state index in [0.29, 0.717) is 19.3 Å². The van der Waals surface area contributed by atoms with Gasteiger partial charge in [-0.15, -0.1) is 0 Å². The van der Waals surface area contributed by atoms with Crippen molar-refractivity contribution in [1.82, 2.24) is 0 Å². The van der Waals surface area contributed by atoms with Gasteiger partial charge in [0, 0.05) is 19.3 Å². The Labute approximate surface area is 462 Å². The van der Waals surface area contributed by atoms with E-state index in [0.717, 1.165) is 103 Å². The fourth-order valence-corrected chi connectivity index (χ4v) is 8.29. The van der Waals surface area contributed by atoms with Crippen molar-refractivity contribution in [2.24, 2.45) is 0 Å². The van der Waals surface area contributed by atoms with Crippen LogP contribution >= 0.6 is 0 Å². The molecule has 0 saturated carbocycles. The fourth-order valence-electron chi connectivity index (χ4n) is 8.29. The van der Waals surface area contributed by atoms with Gasteiger partial charge in [-0.25, -0.2) is 0 Å². The van der Waals surface area contributed by atoms with Gasteiger partial charge in [0.25, 0.3) is 0 Å². The number of rotatable bonds is 55. The Bertz CT molecular complexity index is 1570. The first-order valence-electron chi connectivity index (χ1n) is 31.0. The van der Waals surface area contributed by atoms with Crippen LogP contribution < -0.4 is 0 Å². The van der Waals surface area contributed by atoms with Crippen molar-refractivity contribution in [3.05, 3.63) is 122 Å². The van der Waals surface area contributed by atoms with Crippen molar-refractivity contribution >= 4 is 17.9 Å². The zero-order valence-corrected chi connectivity index (χ0v) is 48.8. The van der Waals surface area contributed by atoms with Crippen molar-refractivity contribution < 1.29 is 28.6 Å². The largest absolute Gasteiger partial charge is 0.462 e. The Morgan fingerprint density at radius 1 is 0.280 bits per heavy atom. The molecule has 426 valence electrons. The maximum absolute atomic E-state index is 12.9. The summed E-state index contributed by atoms with van der Waals surface area (Å²) in [5.41, 5.74) is 0. The van der Waals surface area contributed by atoms with Crippen LogP contribution in [0.4, 0.5) is 0 Å². The van der Waals surface area contributed by atoms with Crippen molar-refractivity contribution in [3.8, 4) is 0 Å². The molecule has 0 radical (unpaired) electrons. The molecule has 0 aliphatic carbocycles. The third-order valence-corrected chi connectivity index (χ3v) is 12.9. The van der Waals surface area contributed by atoms with E-state index in [1.165, 1.54) is 128 Å². The second-order valence-corrected chi connectivity index (χ2v) is 20.2. The van der Waals surface area contributed by atoms with Crippen LogP contribution in [0.1, 0.15) is 278 Å². The summed E-state index contributed by atoms with van der Waals surface area (Å²) in [5, 5.41) is 0. The average molecular weight is 1040 g/mol. The third-order valence-electron chi connectivity index (χ3n) is 12.9. The van der Waals surface area contributed by atoms with E-state index in [1.54, 1.807) is 0 Å². The molecule has 1 unspecified atom stereocenters. The number of carbonyl (C=O) groups excluding carboxylic acids is 3. The van der Waals surface area contributed by atoms with Crippen LogP contribution in [-0.4, -0.2) is 37.2 Å². The second kappa shape index (κ2) is 62.4. The van der Waals surface area contributed by atoms with Gasteiger partial charge in [-0.3, -0.25) is 14.4 Å². The minimum Gasteiger partial charge on any atom is -0.462 e. The molecule has 1 atom stereocenters. The zero-order chi connectivity index (χ0) is 54.3. The molecule has 0 spiro atoms. The Kier molecular flexibility index (Phi) is 58.9. The van der Waals surface area contributed by atoms with Crippen LogP contribution in [0, 0.1) is 0 Å². The number of ether oxygens (including phenoxy) is 3. The summed E-state index contributed by atoms with van der Waals surface area (Å²) in [6, 6.07) is 0. The minimum atomic E-state index is -0.821. The Hall–Kier alpha value is -4.19. The highest BCUT2D eigenvalue weighted by atomic mass is 16.6. The zero-order valence-electron chi connectivity index (χ0n) is 48.8. The van der Waals surface area contributed by atoms with Crippen LogP contribution in [0.3, 0.4) is 0 Å². The summed E-state index contributed by atoms with van der Waals surface area (Å²) >= 11 is 0. The molecule has 0 heterocycles. The van der Waals surface area contributed by atoms with Crippen molar-refractivity contribution in [2.45, 2.75) is 284 Å². The number of hydrogen-bond donors (Lipinski definition) is 0. The number of esters is 3. The molecule has 0 saturated heterocycles. The first-order chi connectivity index (χ1) is 37.0. The van der Waals surface area contributed by atoms with Crippen LogP contribution in [0.15, 0.2) is 122 Å². The predicted octanol–water partition coefficient (Wildman–Crippen LogP) is 21.2. The highest BCUT2D eigenvalue weighted by molar-refractivity contribution is 5.71. The molecule has 0 rings (SSSR count). The quantitative estimate of drug-likeness (QED) is 0.0261. The summed E-state index contributed by atoms with van der Waals surface area (Å²) in [6.07, 6.45) is 86.3. The second-order valence-electron chi connectivity index (χ2n) is 20.2. The van der Waals surface area contributed by atoms with Gasteiger partial charge in [-0.2, -0.15) is 0 Å². The molecular weight excluding hydrogens is 925 g/mol. The molecule has 75 heavy (non-hydrogen) atoms. The van der Waals surface area contributed by atoms with Crippen molar-refractivity contribution in [3.63, 3.8) is 0 Å². The van der Waals surface area contributed by atoms with Crippen LogP contribution in [0.25, 0.3) is 0 Å². The molecule has 6 nitrogen and oxygen atoms in total. The van der Waals surface area contributed by atoms with Gasteiger partial charge < -0.3 is 14.2 Å². The van der Waals surface area contributed by atoms with Crippen LogP contribution in [0.2, 0.25) is 0 Å². The maximum atomic E-state index is 12.9.